The number of carbonyl (C=O) groups is 1. The van der Waals surface area contributed by atoms with Crippen molar-refractivity contribution in [2.45, 2.75) is 18.9 Å². The van der Waals surface area contributed by atoms with Crippen molar-refractivity contribution < 1.29 is 4.79 Å². The zero-order chi connectivity index (χ0) is 20.8. The van der Waals surface area contributed by atoms with Crippen LogP contribution in [0, 0.1) is 0 Å². The molecule has 0 saturated heterocycles. The van der Waals surface area contributed by atoms with Gasteiger partial charge in [0.15, 0.2) is 11.0 Å². The maximum absolute atomic E-state index is 12.8. The summed E-state index contributed by atoms with van der Waals surface area (Å²) in [6.45, 7) is 0. The van der Waals surface area contributed by atoms with Crippen LogP contribution in [0.3, 0.4) is 0 Å². The summed E-state index contributed by atoms with van der Waals surface area (Å²) < 4.78 is 3.97. The molecule has 0 unspecified atom stereocenters. The monoisotopic (exact) mass is 428 g/mol. The quantitative estimate of drug-likeness (QED) is 0.458. The average Bonchev–Trinajstić information content (AvgIpc) is 3.19. The standard InChI is InChI=1S/C21H16N8OS/c30-20(26-21-25-17(10-31-21)19-27-24-12-29(19)13-5-6-13)16-9-14(7-8-22-16)28-11-23-15-3-1-2-4-18(15)28/h1-4,7-13H,5-6H2,(H,25,26,30). The Morgan fingerprint density at radius 1 is 1.13 bits per heavy atom. The van der Waals surface area contributed by atoms with Gasteiger partial charge < -0.3 is 4.57 Å². The van der Waals surface area contributed by atoms with E-state index in [0.717, 1.165) is 35.4 Å². The van der Waals surface area contributed by atoms with Crippen LogP contribution >= 0.6 is 11.3 Å². The normalized spacial score (nSPS) is 13.5. The van der Waals surface area contributed by atoms with Crippen molar-refractivity contribution in [1.29, 1.82) is 0 Å². The number of nitrogens with zero attached hydrogens (tertiary/aromatic N) is 7. The number of pyridine rings is 1. The lowest BCUT2D eigenvalue weighted by molar-refractivity contribution is 0.102. The second-order valence-corrected chi connectivity index (χ2v) is 8.15. The molecule has 0 bridgehead atoms. The second kappa shape index (κ2) is 7.10. The van der Waals surface area contributed by atoms with E-state index in [1.54, 1.807) is 24.9 Å². The number of amides is 1. The second-order valence-electron chi connectivity index (χ2n) is 7.29. The highest BCUT2D eigenvalue weighted by molar-refractivity contribution is 7.14. The summed E-state index contributed by atoms with van der Waals surface area (Å²) in [6, 6.07) is 11.9. The van der Waals surface area contributed by atoms with Crippen molar-refractivity contribution in [2.24, 2.45) is 0 Å². The number of benzene rings is 1. The minimum atomic E-state index is -0.323. The van der Waals surface area contributed by atoms with Crippen molar-refractivity contribution in [3.05, 3.63) is 66.3 Å². The predicted octanol–water partition coefficient (Wildman–Crippen LogP) is 3.72. The number of anilines is 1. The van der Waals surface area contributed by atoms with Gasteiger partial charge in [-0.1, -0.05) is 12.1 Å². The molecule has 6 rings (SSSR count). The van der Waals surface area contributed by atoms with E-state index in [-0.39, 0.29) is 5.91 Å². The number of aromatic nitrogens is 7. The largest absolute Gasteiger partial charge is 0.309 e. The zero-order valence-electron chi connectivity index (χ0n) is 16.2. The van der Waals surface area contributed by atoms with Gasteiger partial charge in [0.05, 0.1) is 16.7 Å². The molecule has 0 atom stereocenters. The van der Waals surface area contributed by atoms with Crippen molar-refractivity contribution in [2.75, 3.05) is 5.32 Å². The van der Waals surface area contributed by atoms with Gasteiger partial charge in [0, 0.05) is 17.6 Å². The highest BCUT2D eigenvalue weighted by atomic mass is 32.1. The number of carbonyl (C=O) groups excluding carboxylic acids is 1. The Labute approximate surface area is 180 Å². The first kappa shape index (κ1) is 17.9. The lowest BCUT2D eigenvalue weighted by atomic mass is 10.2. The molecule has 1 aliphatic rings. The molecule has 0 spiro atoms. The summed E-state index contributed by atoms with van der Waals surface area (Å²) in [7, 11) is 0. The van der Waals surface area contributed by atoms with Crippen LogP contribution in [0.1, 0.15) is 29.4 Å². The molecule has 1 amide bonds. The third-order valence-corrected chi connectivity index (χ3v) is 5.93. The van der Waals surface area contributed by atoms with Crippen LogP contribution in [0.5, 0.6) is 0 Å². The predicted molar refractivity (Wildman–Crippen MR) is 116 cm³/mol. The SMILES string of the molecule is O=C(Nc1nc(-c2nncn2C2CC2)cs1)c1cc(-n2cnc3ccccc32)ccn1. The Morgan fingerprint density at radius 3 is 2.94 bits per heavy atom. The lowest BCUT2D eigenvalue weighted by Gasteiger charge is -2.06. The highest BCUT2D eigenvalue weighted by Gasteiger charge is 2.27. The molecule has 1 fully saturated rings. The number of fused-ring (bicyclic) bond motifs is 1. The van der Waals surface area contributed by atoms with Crippen molar-refractivity contribution >= 4 is 33.4 Å². The van der Waals surface area contributed by atoms with Crippen molar-refractivity contribution in [1.82, 2.24) is 34.3 Å². The number of nitrogens with one attached hydrogen (secondary N) is 1. The summed E-state index contributed by atoms with van der Waals surface area (Å²) in [5.41, 5.74) is 3.67. The Morgan fingerprint density at radius 2 is 2.03 bits per heavy atom. The first-order chi connectivity index (χ1) is 15.3. The number of thiazole rings is 1. The van der Waals surface area contributed by atoms with Crippen molar-refractivity contribution in [3.8, 4) is 17.2 Å². The maximum Gasteiger partial charge on any atom is 0.276 e. The molecular weight excluding hydrogens is 412 g/mol. The summed E-state index contributed by atoms with van der Waals surface area (Å²) in [6.07, 6.45) is 7.36. The van der Waals surface area contributed by atoms with E-state index >= 15 is 0 Å². The summed E-state index contributed by atoms with van der Waals surface area (Å²) in [5.74, 6) is 0.405. The molecule has 9 nitrogen and oxygen atoms in total. The van der Waals surface area contributed by atoms with E-state index in [9.17, 15) is 4.79 Å². The van der Waals surface area contributed by atoms with Gasteiger partial charge in [-0.25, -0.2) is 9.97 Å². The van der Waals surface area contributed by atoms with E-state index in [2.05, 4.69) is 30.5 Å². The smallest absolute Gasteiger partial charge is 0.276 e. The Hall–Kier alpha value is -3.92. The first-order valence-corrected chi connectivity index (χ1v) is 10.7. The molecule has 5 aromatic rings. The fraction of sp³-hybridized carbons (Fsp3) is 0.143. The Balaban J connectivity index is 1.25. The number of imidazole rings is 1. The molecule has 1 N–H and O–H groups in total. The lowest BCUT2D eigenvalue weighted by Crippen LogP contribution is -2.14. The first-order valence-electron chi connectivity index (χ1n) is 9.81. The van der Waals surface area contributed by atoms with Crippen LogP contribution in [0.15, 0.2) is 60.6 Å². The van der Waals surface area contributed by atoms with Gasteiger partial charge in [0.2, 0.25) is 0 Å². The van der Waals surface area contributed by atoms with Gasteiger partial charge in [0.25, 0.3) is 5.91 Å². The summed E-state index contributed by atoms with van der Waals surface area (Å²) in [5, 5.41) is 13.4. The molecule has 152 valence electrons. The zero-order valence-corrected chi connectivity index (χ0v) is 17.0. The van der Waals surface area contributed by atoms with Crippen LogP contribution in [0.4, 0.5) is 5.13 Å². The van der Waals surface area contributed by atoms with E-state index in [4.69, 9.17) is 0 Å². The van der Waals surface area contributed by atoms with E-state index < -0.39 is 0 Å². The molecular formula is C21H16N8OS. The molecule has 4 aromatic heterocycles. The average molecular weight is 428 g/mol. The third kappa shape index (κ3) is 3.26. The number of hydrogen-bond donors (Lipinski definition) is 1. The van der Waals surface area contributed by atoms with Crippen LogP contribution in [0.2, 0.25) is 0 Å². The molecule has 10 heteroatoms. The van der Waals surface area contributed by atoms with Crippen LogP contribution in [-0.4, -0.2) is 40.2 Å². The molecule has 0 radical (unpaired) electrons. The number of hydrogen-bond acceptors (Lipinski definition) is 7. The fourth-order valence-corrected chi connectivity index (χ4v) is 4.18. The van der Waals surface area contributed by atoms with Gasteiger partial charge in [0.1, 0.15) is 24.0 Å². The third-order valence-electron chi connectivity index (χ3n) is 5.17. The molecule has 1 saturated carbocycles. The van der Waals surface area contributed by atoms with Gasteiger partial charge in [-0.2, -0.15) is 0 Å². The molecule has 0 aliphatic heterocycles. The van der Waals surface area contributed by atoms with Gasteiger partial charge in [-0.05, 0) is 37.1 Å². The van der Waals surface area contributed by atoms with Crippen LogP contribution in [-0.2, 0) is 0 Å². The van der Waals surface area contributed by atoms with E-state index in [1.807, 2.05) is 44.8 Å². The maximum atomic E-state index is 12.8. The molecule has 4 heterocycles. The van der Waals surface area contributed by atoms with Crippen molar-refractivity contribution in [3.63, 3.8) is 0 Å². The van der Waals surface area contributed by atoms with E-state index in [1.165, 1.54) is 11.3 Å². The van der Waals surface area contributed by atoms with Crippen LogP contribution < -0.4 is 5.32 Å². The van der Waals surface area contributed by atoms with Gasteiger partial charge in [-0.15, -0.1) is 21.5 Å². The highest BCUT2D eigenvalue weighted by Crippen LogP contribution is 2.37. The van der Waals surface area contributed by atoms with E-state index in [0.29, 0.717) is 22.6 Å². The summed E-state index contributed by atoms with van der Waals surface area (Å²) >= 11 is 1.35. The van der Waals surface area contributed by atoms with Crippen LogP contribution in [0.25, 0.3) is 28.2 Å². The molecule has 1 aliphatic carbocycles. The Bertz CT molecular complexity index is 1410. The molecule has 31 heavy (non-hydrogen) atoms. The Kier molecular flexibility index (Phi) is 4.10. The fourth-order valence-electron chi connectivity index (χ4n) is 3.50. The number of rotatable bonds is 5. The summed E-state index contributed by atoms with van der Waals surface area (Å²) in [4.78, 5) is 26.0. The number of para-hydroxylation sites is 2. The topological polar surface area (TPSA) is 103 Å². The minimum Gasteiger partial charge on any atom is -0.309 e. The molecule has 1 aromatic carbocycles. The minimum absolute atomic E-state index is 0.299. The van der Waals surface area contributed by atoms with Gasteiger partial charge >= 0.3 is 0 Å². The van der Waals surface area contributed by atoms with Gasteiger partial charge in [-0.3, -0.25) is 19.7 Å².